The zero-order valence-electron chi connectivity index (χ0n) is 14.7. The number of hydrogen-bond acceptors (Lipinski definition) is 6. The fourth-order valence-electron chi connectivity index (χ4n) is 3.09. The summed E-state index contributed by atoms with van der Waals surface area (Å²) in [6.45, 7) is 0. The number of pyridine rings is 1. The summed E-state index contributed by atoms with van der Waals surface area (Å²) in [5, 5.41) is 10.3. The molecular weight excluding hydrogens is 516 g/mol. The van der Waals surface area contributed by atoms with Crippen LogP contribution in [-0.4, -0.2) is 10.8 Å². The number of anilines is 2. The monoisotopic (exact) mass is 526 g/mol. The van der Waals surface area contributed by atoms with E-state index in [1.165, 1.54) is 11.3 Å². The van der Waals surface area contributed by atoms with E-state index < -0.39 is 0 Å². The van der Waals surface area contributed by atoms with Crippen LogP contribution in [-0.2, 0) is 0 Å². The Balaban J connectivity index is 2.00. The van der Waals surface area contributed by atoms with Gasteiger partial charge in [-0.1, -0.05) is 44.0 Å². The van der Waals surface area contributed by atoms with Crippen LogP contribution in [0.4, 0.5) is 11.5 Å². The average Bonchev–Trinajstić information content (AvgIpc) is 3.03. The molecule has 4 aromatic rings. The van der Waals surface area contributed by atoms with Gasteiger partial charge < -0.3 is 11.5 Å². The summed E-state index contributed by atoms with van der Waals surface area (Å²) >= 11 is 7.96. The number of carbonyl (C=O) groups excluding carboxylic acids is 1. The number of rotatable bonds is 3. The van der Waals surface area contributed by atoms with Crippen molar-refractivity contribution in [2.45, 2.75) is 0 Å². The SMILES string of the molecule is N#Cc1c(N)nc2sc(C(=O)c3ccc(Br)cc3)c(N)c2c1-c1ccc(Br)cc1. The van der Waals surface area contributed by atoms with Crippen molar-refractivity contribution in [2.24, 2.45) is 0 Å². The number of ketones is 1. The first-order valence-electron chi connectivity index (χ1n) is 8.38. The highest BCUT2D eigenvalue weighted by Crippen LogP contribution is 2.43. The van der Waals surface area contributed by atoms with E-state index in [0.29, 0.717) is 31.9 Å². The third kappa shape index (κ3) is 3.42. The van der Waals surface area contributed by atoms with Gasteiger partial charge in [0.05, 0.1) is 5.69 Å². The molecule has 0 aliphatic carbocycles. The van der Waals surface area contributed by atoms with E-state index in [-0.39, 0.29) is 17.2 Å². The first-order chi connectivity index (χ1) is 13.9. The van der Waals surface area contributed by atoms with Crippen LogP contribution in [0.3, 0.4) is 0 Å². The highest BCUT2D eigenvalue weighted by atomic mass is 79.9. The summed E-state index contributed by atoms with van der Waals surface area (Å²) in [4.78, 5) is 18.3. The van der Waals surface area contributed by atoms with Gasteiger partial charge in [0.25, 0.3) is 0 Å². The van der Waals surface area contributed by atoms with Crippen LogP contribution in [0.2, 0.25) is 0 Å². The van der Waals surface area contributed by atoms with Crippen molar-refractivity contribution >= 4 is 70.7 Å². The average molecular weight is 528 g/mol. The quantitative estimate of drug-likeness (QED) is 0.330. The van der Waals surface area contributed by atoms with E-state index in [1.807, 2.05) is 24.3 Å². The minimum Gasteiger partial charge on any atom is -0.397 e. The van der Waals surface area contributed by atoms with Crippen molar-refractivity contribution in [3.05, 3.63) is 73.5 Å². The summed E-state index contributed by atoms with van der Waals surface area (Å²) in [5.41, 5.74) is 14.9. The number of nitrogens with zero attached hydrogens (tertiary/aromatic N) is 2. The molecule has 0 bridgehead atoms. The third-order valence-corrected chi connectivity index (χ3v) is 6.62. The minimum atomic E-state index is -0.197. The zero-order chi connectivity index (χ0) is 20.7. The van der Waals surface area contributed by atoms with Gasteiger partial charge in [-0.15, -0.1) is 11.3 Å². The maximum absolute atomic E-state index is 13.1. The van der Waals surface area contributed by atoms with E-state index in [0.717, 1.165) is 14.5 Å². The molecule has 8 heteroatoms. The number of hydrogen-bond donors (Lipinski definition) is 2. The molecule has 29 heavy (non-hydrogen) atoms. The smallest absolute Gasteiger partial charge is 0.205 e. The zero-order valence-corrected chi connectivity index (χ0v) is 18.7. The van der Waals surface area contributed by atoms with Gasteiger partial charge in [0.1, 0.15) is 27.2 Å². The van der Waals surface area contributed by atoms with Crippen LogP contribution in [0.25, 0.3) is 21.3 Å². The predicted molar refractivity (Wildman–Crippen MR) is 124 cm³/mol. The summed E-state index contributed by atoms with van der Waals surface area (Å²) in [6.07, 6.45) is 0. The second kappa shape index (κ2) is 7.59. The van der Waals surface area contributed by atoms with Gasteiger partial charge in [0, 0.05) is 25.5 Å². The Labute approximate surface area is 187 Å². The molecule has 142 valence electrons. The molecule has 2 aromatic heterocycles. The van der Waals surface area contributed by atoms with Crippen LogP contribution in [0.1, 0.15) is 20.8 Å². The molecule has 4 rings (SSSR count). The summed E-state index contributed by atoms with van der Waals surface area (Å²) in [6, 6.07) is 16.7. The Morgan fingerprint density at radius 2 is 1.59 bits per heavy atom. The molecule has 5 nitrogen and oxygen atoms in total. The molecular formula is C21H12Br2N4OS. The Morgan fingerprint density at radius 3 is 2.17 bits per heavy atom. The minimum absolute atomic E-state index is 0.113. The number of nitrogen functional groups attached to an aromatic ring is 2. The van der Waals surface area contributed by atoms with Gasteiger partial charge in [0.2, 0.25) is 5.78 Å². The summed E-state index contributed by atoms with van der Waals surface area (Å²) in [7, 11) is 0. The second-order valence-electron chi connectivity index (χ2n) is 6.23. The van der Waals surface area contributed by atoms with Gasteiger partial charge in [-0.3, -0.25) is 4.79 Å². The van der Waals surface area contributed by atoms with Gasteiger partial charge in [-0.25, -0.2) is 4.98 Å². The fourth-order valence-corrected chi connectivity index (χ4v) is 4.69. The van der Waals surface area contributed by atoms with Crippen molar-refractivity contribution in [3.8, 4) is 17.2 Å². The van der Waals surface area contributed by atoms with Crippen LogP contribution in [0.5, 0.6) is 0 Å². The van der Waals surface area contributed by atoms with Crippen molar-refractivity contribution in [1.29, 1.82) is 5.26 Å². The van der Waals surface area contributed by atoms with Crippen LogP contribution in [0.15, 0.2) is 57.5 Å². The molecule has 0 saturated heterocycles. The molecule has 2 aromatic carbocycles. The van der Waals surface area contributed by atoms with E-state index in [4.69, 9.17) is 11.5 Å². The maximum atomic E-state index is 13.1. The van der Waals surface area contributed by atoms with Crippen molar-refractivity contribution < 1.29 is 4.79 Å². The van der Waals surface area contributed by atoms with Gasteiger partial charge >= 0.3 is 0 Å². The molecule has 0 fully saturated rings. The number of aromatic nitrogens is 1. The Morgan fingerprint density at radius 1 is 1.00 bits per heavy atom. The lowest BCUT2D eigenvalue weighted by molar-refractivity contribution is 0.104. The number of halogens is 2. The first-order valence-corrected chi connectivity index (χ1v) is 10.8. The fraction of sp³-hybridized carbons (Fsp3) is 0. The molecule has 0 spiro atoms. The lowest BCUT2D eigenvalue weighted by Crippen LogP contribution is -2.02. The van der Waals surface area contributed by atoms with Crippen molar-refractivity contribution in [2.75, 3.05) is 11.5 Å². The number of carbonyl (C=O) groups is 1. The predicted octanol–water partition coefficient (Wildman–Crippen LogP) is 5.76. The number of thiophene rings is 1. The molecule has 0 atom stereocenters. The van der Waals surface area contributed by atoms with Gasteiger partial charge in [-0.2, -0.15) is 5.26 Å². The second-order valence-corrected chi connectivity index (χ2v) is 9.06. The van der Waals surface area contributed by atoms with Crippen molar-refractivity contribution in [3.63, 3.8) is 0 Å². The Kier molecular flexibility index (Phi) is 5.13. The van der Waals surface area contributed by atoms with E-state index in [2.05, 4.69) is 42.9 Å². The summed E-state index contributed by atoms with van der Waals surface area (Å²) in [5.74, 6) is -0.0846. The molecule has 0 amide bonds. The third-order valence-electron chi connectivity index (χ3n) is 4.46. The molecule has 4 N–H and O–H groups in total. The first kappa shape index (κ1) is 19.6. The molecule has 0 radical (unpaired) electrons. The number of benzene rings is 2. The Hall–Kier alpha value is -2.73. The maximum Gasteiger partial charge on any atom is 0.205 e. The lowest BCUT2D eigenvalue weighted by Gasteiger charge is -2.09. The molecule has 0 aliphatic heterocycles. The topological polar surface area (TPSA) is 106 Å². The highest BCUT2D eigenvalue weighted by Gasteiger charge is 2.24. The molecule has 0 aliphatic rings. The lowest BCUT2D eigenvalue weighted by atomic mass is 9.97. The number of nitriles is 1. The normalized spacial score (nSPS) is 10.8. The van der Waals surface area contributed by atoms with Crippen molar-refractivity contribution in [1.82, 2.24) is 4.98 Å². The summed E-state index contributed by atoms with van der Waals surface area (Å²) < 4.78 is 1.78. The number of fused-ring (bicyclic) bond motifs is 1. The standard InChI is InChI=1S/C21H12Br2N4OS/c22-12-5-1-10(2-6-12)15-14(9-24)20(26)27-21-16(15)17(25)19(29-21)18(28)11-3-7-13(23)8-4-11/h1-8H,25H2,(H2,26,27). The van der Waals surface area contributed by atoms with E-state index in [1.54, 1.807) is 24.3 Å². The number of nitrogens with two attached hydrogens (primary N) is 2. The largest absolute Gasteiger partial charge is 0.397 e. The molecule has 0 unspecified atom stereocenters. The molecule has 2 heterocycles. The van der Waals surface area contributed by atoms with E-state index in [9.17, 15) is 10.1 Å². The molecule has 0 saturated carbocycles. The van der Waals surface area contributed by atoms with Gasteiger partial charge in [0.15, 0.2) is 0 Å². The Bertz CT molecular complexity index is 1310. The van der Waals surface area contributed by atoms with Crippen LogP contribution < -0.4 is 11.5 Å². The highest BCUT2D eigenvalue weighted by molar-refractivity contribution is 9.10. The van der Waals surface area contributed by atoms with Gasteiger partial charge in [-0.05, 0) is 42.0 Å². The van der Waals surface area contributed by atoms with E-state index >= 15 is 0 Å². The van der Waals surface area contributed by atoms with Crippen LogP contribution in [0, 0.1) is 11.3 Å². The van der Waals surface area contributed by atoms with Crippen LogP contribution >= 0.6 is 43.2 Å².